The number of hydrogen-bond acceptors (Lipinski definition) is 7. The van der Waals surface area contributed by atoms with E-state index in [9.17, 15) is 22.8 Å². The average molecular weight is 513 g/mol. The van der Waals surface area contributed by atoms with E-state index in [-0.39, 0.29) is 23.2 Å². The number of rotatable bonds is 4. The van der Waals surface area contributed by atoms with Gasteiger partial charge in [-0.05, 0) is 23.8 Å². The average Bonchev–Trinajstić information content (AvgIpc) is 3.58. The number of nitrogens with zero attached hydrogens (tertiary/aromatic N) is 6. The van der Waals surface area contributed by atoms with Gasteiger partial charge >= 0.3 is 12.0 Å². The standard InChI is InChI=1S/C24H22F3N7O3/c1-37-22(35)15-10-19(28-12-15)21-18(27)13-29-23(31-21)32-4-6-33(7-5-32)24(36)34-20(2-3-30-34)14-8-16(25)11-17(26)9-14/h3,8-13,20,28H,2,4-7H2,1H3. The highest BCUT2D eigenvalue weighted by Gasteiger charge is 2.34. The van der Waals surface area contributed by atoms with Gasteiger partial charge in [-0.15, -0.1) is 0 Å². The number of amides is 2. The number of hydrogen-bond donors (Lipinski definition) is 1. The van der Waals surface area contributed by atoms with E-state index in [0.717, 1.165) is 12.3 Å². The molecule has 2 aliphatic heterocycles. The second-order valence-corrected chi connectivity index (χ2v) is 8.51. The quantitative estimate of drug-likeness (QED) is 0.537. The van der Waals surface area contributed by atoms with Gasteiger partial charge in [-0.1, -0.05) is 0 Å². The fourth-order valence-electron chi connectivity index (χ4n) is 4.35. The molecule has 192 valence electrons. The van der Waals surface area contributed by atoms with E-state index in [1.807, 2.05) is 4.90 Å². The molecule has 2 aromatic heterocycles. The number of urea groups is 1. The van der Waals surface area contributed by atoms with Crippen LogP contribution in [-0.4, -0.2) is 76.4 Å². The molecule has 1 fully saturated rings. The molecule has 4 heterocycles. The summed E-state index contributed by atoms with van der Waals surface area (Å²) < 4.78 is 46.6. The van der Waals surface area contributed by atoms with Crippen molar-refractivity contribution in [3.63, 3.8) is 0 Å². The lowest BCUT2D eigenvalue weighted by Crippen LogP contribution is -2.52. The summed E-state index contributed by atoms with van der Waals surface area (Å²) in [6.07, 6.45) is 4.34. The van der Waals surface area contributed by atoms with Crippen LogP contribution in [0.25, 0.3) is 11.4 Å². The normalized spacial score (nSPS) is 17.4. The lowest BCUT2D eigenvalue weighted by atomic mass is 10.0. The van der Waals surface area contributed by atoms with Crippen molar-refractivity contribution in [2.75, 3.05) is 38.2 Å². The highest BCUT2D eigenvalue weighted by molar-refractivity contribution is 5.90. The molecule has 0 radical (unpaired) electrons. The van der Waals surface area contributed by atoms with Gasteiger partial charge in [-0.2, -0.15) is 5.10 Å². The molecule has 0 saturated carbocycles. The zero-order valence-electron chi connectivity index (χ0n) is 19.7. The molecular weight excluding hydrogens is 491 g/mol. The fourth-order valence-corrected chi connectivity index (χ4v) is 4.35. The van der Waals surface area contributed by atoms with Crippen LogP contribution in [0.5, 0.6) is 0 Å². The van der Waals surface area contributed by atoms with Crippen LogP contribution < -0.4 is 4.90 Å². The molecule has 2 amide bonds. The summed E-state index contributed by atoms with van der Waals surface area (Å²) in [7, 11) is 1.25. The number of ether oxygens (including phenoxy) is 1. The van der Waals surface area contributed by atoms with Crippen LogP contribution in [0.4, 0.5) is 23.9 Å². The van der Waals surface area contributed by atoms with Crippen LogP contribution in [-0.2, 0) is 4.74 Å². The van der Waals surface area contributed by atoms with E-state index in [0.29, 0.717) is 43.9 Å². The third-order valence-electron chi connectivity index (χ3n) is 6.22. The van der Waals surface area contributed by atoms with E-state index in [2.05, 4.69) is 24.8 Å². The maximum atomic E-state index is 14.5. The minimum absolute atomic E-state index is 0.00442. The maximum Gasteiger partial charge on any atom is 0.341 e. The minimum atomic E-state index is -0.720. The van der Waals surface area contributed by atoms with Crippen LogP contribution in [0.15, 0.2) is 41.8 Å². The largest absolute Gasteiger partial charge is 0.465 e. The smallest absolute Gasteiger partial charge is 0.341 e. The molecule has 5 rings (SSSR count). The van der Waals surface area contributed by atoms with Crippen molar-refractivity contribution in [3.05, 3.63) is 65.2 Å². The number of aromatic amines is 1. The molecule has 10 nitrogen and oxygen atoms in total. The molecule has 2 aliphatic rings. The summed E-state index contributed by atoms with van der Waals surface area (Å²) in [4.78, 5) is 39.5. The highest BCUT2D eigenvalue weighted by atomic mass is 19.1. The number of carbonyl (C=O) groups is 2. The molecule has 1 aromatic carbocycles. The van der Waals surface area contributed by atoms with Gasteiger partial charge < -0.3 is 19.5 Å². The number of nitrogens with one attached hydrogen (secondary N) is 1. The van der Waals surface area contributed by atoms with Gasteiger partial charge in [-0.3, -0.25) is 0 Å². The first-order chi connectivity index (χ1) is 17.8. The first-order valence-corrected chi connectivity index (χ1v) is 11.4. The number of halogens is 3. The molecule has 0 spiro atoms. The Labute approximate surface area is 209 Å². The SMILES string of the molecule is COC(=O)c1c[nH]c(-c2nc(N3CCN(C(=O)N4N=CCC4c4cc(F)cc(F)c4)CC3)ncc2F)c1. The first kappa shape index (κ1) is 24.3. The molecule has 0 bridgehead atoms. The maximum absolute atomic E-state index is 14.5. The molecular formula is C24H22F3N7O3. The summed E-state index contributed by atoms with van der Waals surface area (Å²) in [6.45, 7) is 1.35. The highest BCUT2D eigenvalue weighted by Crippen LogP contribution is 2.31. The second-order valence-electron chi connectivity index (χ2n) is 8.51. The summed E-state index contributed by atoms with van der Waals surface area (Å²) >= 11 is 0. The van der Waals surface area contributed by atoms with Gasteiger partial charge in [0.2, 0.25) is 5.95 Å². The Morgan fingerprint density at radius 1 is 1.05 bits per heavy atom. The summed E-state index contributed by atoms with van der Waals surface area (Å²) in [5, 5.41) is 5.37. The Bertz CT molecular complexity index is 1350. The number of aromatic nitrogens is 3. The predicted molar refractivity (Wildman–Crippen MR) is 126 cm³/mol. The minimum Gasteiger partial charge on any atom is -0.465 e. The lowest BCUT2D eigenvalue weighted by Gasteiger charge is -2.37. The van der Waals surface area contributed by atoms with Crippen molar-refractivity contribution < 1.29 is 27.5 Å². The van der Waals surface area contributed by atoms with Crippen molar-refractivity contribution in [2.45, 2.75) is 12.5 Å². The third-order valence-corrected chi connectivity index (χ3v) is 6.22. The van der Waals surface area contributed by atoms with Crippen molar-refractivity contribution in [2.24, 2.45) is 5.10 Å². The van der Waals surface area contributed by atoms with E-state index in [1.165, 1.54) is 36.5 Å². The Morgan fingerprint density at radius 3 is 2.49 bits per heavy atom. The number of H-pyrrole nitrogens is 1. The molecule has 1 unspecified atom stereocenters. The monoisotopic (exact) mass is 513 g/mol. The fraction of sp³-hybridized carbons (Fsp3) is 0.292. The summed E-state index contributed by atoms with van der Waals surface area (Å²) in [6, 6.07) is 3.63. The van der Waals surface area contributed by atoms with E-state index in [1.54, 1.807) is 11.1 Å². The number of benzene rings is 1. The Balaban J connectivity index is 1.27. The molecule has 3 aromatic rings. The molecule has 0 aliphatic carbocycles. The van der Waals surface area contributed by atoms with Crippen LogP contribution in [0.1, 0.15) is 28.4 Å². The van der Waals surface area contributed by atoms with Crippen molar-refractivity contribution in [1.82, 2.24) is 24.9 Å². The van der Waals surface area contributed by atoms with Crippen LogP contribution in [0.2, 0.25) is 0 Å². The van der Waals surface area contributed by atoms with Crippen LogP contribution in [0, 0.1) is 17.5 Å². The molecule has 1 saturated heterocycles. The van der Waals surface area contributed by atoms with E-state index >= 15 is 0 Å². The number of carbonyl (C=O) groups excluding carboxylic acids is 2. The van der Waals surface area contributed by atoms with Gasteiger partial charge in [0.1, 0.15) is 17.3 Å². The topological polar surface area (TPSA) is 107 Å². The van der Waals surface area contributed by atoms with E-state index in [4.69, 9.17) is 0 Å². The Hall–Kier alpha value is -4.42. The molecule has 1 atom stereocenters. The van der Waals surface area contributed by atoms with Crippen LogP contribution in [0.3, 0.4) is 0 Å². The third kappa shape index (κ3) is 4.84. The second kappa shape index (κ2) is 9.91. The molecule has 13 heteroatoms. The predicted octanol–water partition coefficient (Wildman–Crippen LogP) is 3.35. The Morgan fingerprint density at radius 2 is 1.78 bits per heavy atom. The number of methoxy groups -OCH3 is 1. The number of anilines is 1. The van der Waals surface area contributed by atoms with E-state index < -0.39 is 29.5 Å². The number of piperazine rings is 1. The molecule has 1 N–H and O–H groups in total. The van der Waals surface area contributed by atoms with Gasteiger partial charge in [0.25, 0.3) is 0 Å². The van der Waals surface area contributed by atoms with Gasteiger partial charge in [0.05, 0.1) is 30.6 Å². The van der Waals surface area contributed by atoms with Gasteiger partial charge in [0.15, 0.2) is 5.82 Å². The molecule has 37 heavy (non-hydrogen) atoms. The van der Waals surface area contributed by atoms with Crippen molar-refractivity contribution in [1.29, 1.82) is 0 Å². The number of esters is 1. The number of hydrazone groups is 1. The van der Waals surface area contributed by atoms with Crippen LogP contribution >= 0.6 is 0 Å². The summed E-state index contributed by atoms with van der Waals surface area (Å²) in [5.74, 6) is -2.40. The first-order valence-electron chi connectivity index (χ1n) is 11.4. The summed E-state index contributed by atoms with van der Waals surface area (Å²) in [5.41, 5.74) is 0.847. The van der Waals surface area contributed by atoms with Crippen molar-refractivity contribution in [3.8, 4) is 11.4 Å². The Kier molecular flexibility index (Phi) is 6.51. The lowest BCUT2D eigenvalue weighted by molar-refractivity contribution is 0.0601. The van der Waals surface area contributed by atoms with Gasteiger partial charge in [-0.25, -0.2) is 37.7 Å². The zero-order chi connectivity index (χ0) is 26.1. The van der Waals surface area contributed by atoms with Gasteiger partial charge in [0, 0.05) is 51.1 Å². The van der Waals surface area contributed by atoms with Crippen molar-refractivity contribution >= 4 is 24.2 Å². The zero-order valence-corrected chi connectivity index (χ0v) is 19.7.